The van der Waals surface area contributed by atoms with E-state index in [1.165, 1.54) is 0 Å². The van der Waals surface area contributed by atoms with Crippen LogP contribution in [-0.4, -0.2) is 19.9 Å². The number of aromatic nitrogens is 3. The summed E-state index contributed by atoms with van der Waals surface area (Å²) in [5.74, 6) is 0.866. The van der Waals surface area contributed by atoms with Gasteiger partial charge in [0, 0.05) is 24.0 Å². The summed E-state index contributed by atoms with van der Waals surface area (Å²) in [6.45, 7) is 0. The molecule has 2 aromatic heterocycles. The number of anilines is 1. The lowest BCUT2D eigenvalue weighted by Crippen LogP contribution is -1.96. The Morgan fingerprint density at radius 1 is 1.29 bits per heavy atom. The van der Waals surface area contributed by atoms with E-state index in [4.69, 9.17) is 5.73 Å². The Kier molecular flexibility index (Phi) is 1.89. The number of nitrogens with one attached hydrogen (secondary N) is 1. The third kappa shape index (κ3) is 1.52. The van der Waals surface area contributed by atoms with Gasteiger partial charge in [-0.05, 0) is 24.3 Å². The Labute approximate surface area is 97.5 Å². The van der Waals surface area contributed by atoms with E-state index in [0.717, 1.165) is 22.3 Å². The molecule has 0 amide bonds. The van der Waals surface area contributed by atoms with Crippen molar-refractivity contribution < 1.29 is 5.11 Å². The topological polar surface area (TPSA) is 79.9 Å². The van der Waals surface area contributed by atoms with Crippen LogP contribution in [0.15, 0.2) is 30.3 Å². The van der Waals surface area contributed by atoms with Crippen LogP contribution in [0.5, 0.6) is 5.75 Å². The molecule has 1 aromatic carbocycles. The molecule has 5 heteroatoms. The summed E-state index contributed by atoms with van der Waals surface area (Å²) in [6, 6.07) is 8.94. The van der Waals surface area contributed by atoms with E-state index in [0.29, 0.717) is 5.82 Å². The first-order valence-electron chi connectivity index (χ1n) is 5.25. The number of H-pyrrole nitrogens is 1. The van der Waals surface area contributed by atoms with Crippen molar-refractivity contribution >= 4 is 16.7 Å². The van der Waals surface area contributed by atoms with Gasteiger partial charge in [0.25, 0.3) is 0 Å². The molecule has 3 rings (SSSR count). The Bertz CT molecular complexity index is 676. The van der Waals surface area contributed by atoms with E-state index in [-0.39, 0.29) is 5.75 Å². The predicted molar refractivity (Wildman–Crippen MR) is 66.6 cm³/mol. The summed E-state index contributed by atoms with van der Waals surface area (Å²) < 4.78 is 1.62. The molecule has 0 fully saturated rings. The minimum absolute atomic E-state index is 0.253. The first-order chi connectivity index (χ1) is 8.13. The van der Waals surface area contributed by atoms with Gasteiger partial charge >= 0.3 is 0 Å². The fraction of sp³-hybridized carbons (Fsp3) is 0.0833. The van der Waals surface area contributed by atoms with Crippen LogP contribution >= 0.6 is 0 Å². The molecular weight excluding hydrogens is 216 g/mol. The van der Waals surface area contributed by atoms with Gasteiger partial charge in [-0.2, -0.15) is 5.10 Å². The molecular formula is C12H12N4O. The van der Waals surface area contributed by atoms with Crippen molar-refractivity contribution in [1.82, 2.24) is 14.8 Å². The van der Waals surface area contributed by atoms with Crippen molar-refractivity contribution in [3.8, 4) is 17.1 Å². The maximum atomic E-state index is 9.40. The number of hydrogen-bond donors (Lipinski definition) is 3. The van der Waals surface area contributed by atoms with E-state index in [9.17, 15) is 5.11 Å². The summed E-state index contributed by atoms with van der Waals surface area (Å²) in [7, 11) is 1.80. The number of nitrogen functional groups attached to an aromatic ring is 1. The molecule has 0 spiro atoms. The molecule has 86 valence electrons. The molecule has 4 N–H and O–H groups in total. The van der Waals surface area contributed by atoms with E-state index in [1.807, 2.05) is 18.2 Å². The van der Waals surface area contributed by atoms with E-state index in [1.54, 1.807) is 23.9 Å². The number of rotatable bonds is 1. The highest BCUT2D eigenvalue weighted by atomic mass is 16.3. The Hall–Kier alpha value is -2.43. The summed E-state index contributed by atoms with van der Waals surface area (Å²) in [5.41, 5.74) is 8.38. The van der Waals surface area contributed by atoms with Gasteiger partial charge in [-0.25, -0.2) is 0 Å². The molecule has 0 unspecified atom stereocenters. The van der Waals surface area contributed by atoms with Crippen LogP contribution in [0, 0.1) is 0 Å². The first-order valence-corrected chi connectivity index (χ1v) is 5.25. The molecule has 0 atom stereocenters. The summed E-state index contributed by atoms with van der Waals surface area (Å²) >= 11 is 0. The van der Waals surface area contributed by atoms with Crippen LogP contribution in [0.2, 0.25) is 0 Å². The number of nitrogens with zero attached hydrogens (tertiary/aromatic N) is 2. The number of aromatic hydroxyl groups is 1. The van der Waals surface area contributed by atoms with Crippen molar-refractivity contribution in [2.75, 3.05) is 5.73 Å². The Morgan fingerprint density at radius 3 is 2.82 bits per heavy atom. The minimum atomic E-state index is 0.253. The van der Waals surface area contributed by atoms with Crippen molar-refractivity contribution in [3.63, 3.8) is 0 Å². The molecule has 0 aliphatic heterocycles. The minimum Gasteiger partial charge on any atom is -0.508 e. The number of phenols is 1. The van der Waals surface area contributed by atoms with Gasteiger partial charge < -0.3 is 15.8 Å². The van der Waals surface area contributed by atoms with Gasteiger partial charge in [0.1, 0.15) is 17.3 Å². The molecule has 3 aromatic rings. The second-order valence-electron chi connectivity index (χ2n) is 4.03. The average molecular weight is 228 g/mol. The highest BCUT2D eigenvalue weighted by molar-refractivity contribution is 5.86. The number of aryl methyl sites for hydroxylation is 1. The molecule has 0 saturated carbocycles. The second kappa shape index (κ2) is 3.28. The van der Waals surface area contributed by atoms with Crippen molar-refractivity contribution in [1.29, 1.82) is 0 Å². The third-order valence-corrected chi connectivity index (χ3v) is 2.80. The predicted octanol–water partition coefficient (Wildman–Crippen LogP) is 1.86. The van der Waals surface area contributed by atoms with E-state index in [2.05, 4.69) is 10.1 Å². The fourth-order valence-electron chi connectivity index (χ4n) is 1.87. The monoisotopic (exact) mass is 228 g/mol. The third-order valence-electron chi connectivity index (χ3n) is 2.80. The molecule has 0 aliphatic carbocycles. The Balaban J connectivity index is 2.17. The lowest BCUT2D eigenvalue weighted by atomic mass is 10.2. The molecule has 2 heterocycles. The molecule has 0 radical (unpaired) electrons. The number of hydrogen-bond acceptors (Lipinski definition) is 3. The highest BCUT2D eigenvalue weighted by Crippen LogP contribution is 2.26. The Morgan fingerprint density at radius 2 is 2.12 bits per heavy atom. The first kappa shape index (κ1) is 9.77. The maximum Gasteiger partial charge on any atom is 0.122 e. The van der Waals surface area contributed by atoms with Gasteiger partial charge in [0.15, 0.2) is 0 Å². The van der Waals surface area contributed by atoms with E-state index < -0.39 is 0 Å². The molecule has 0 bridgehead atoms. The van der Waals surface area contributed by atoms with Gasteiger partial charge in [0.05, 0.1) is 5.69 Å². The number of nitrogens with two attached hydrogens (primary N) is 1. The van der Waals surface area contributed by atoms with Crippen LogP contribution in [0.4, 0.5) is 5.82 Å². The van der Waals surface area contributed by atoms with Crippen LogP contribution in [-0.2, 0) is 7.05 Å². The van der Waals surface area contributed by atoms with Gasteiger partial charge in [0.2, 0.25) is 0 Å². The lowest BCUT2D eigenvalue weighted by Gasteiger charge is -1.90. The lowest BCUT2D eigenvalue weighted by molar-refractivity contribution is 0.476. The smallest absolute Gasteiger partial charge is 0.122 e. The molecule has 0 aliphatic rings. The maximum absolute atomic E-state index is 9.40. The van der Waals surface area contributed by atoms with Crippen LogP contribution in [0.25, 0.3) is 22.3 Å². The normalized spacial score (nSPS) is 11.1. The zero-order valence-corrected chi connectivity index (χ0v) is 9.31. The van der Waals surface area contributed by atoms with Crippen LogP contribution in [0.3, 0.4) is 0 Å². The second-order valence-corrected chi connectivity index (χ2v) is 4.03. The average Bonchev–Trinajstić information content (AvgIpc) is 2.83. The molecule has 0 saturated heterocycles. The van der Waals surface area contributed by atoms with Gasteiger partial charge in [-0.3, -0.25) is 4.68 Å². The fourth-order valence-corrected chi connectivity index (χ4v) is 1.87. The quantitative estimate of drug-likeness (QED) is 0.594. The summed E-state index contributed by atoms with van der Waals surface area (Å²) in [4.78, 5) is 3.24. The number of aromatic amines is 1. The SMILES string of the molecule is Cn1nc(-c2cc3cc(O)ccc3[nH]2)cc1N. The summed E-state index contributed by atoms with van der Waals surface area (Å²) in [5, 5.41) is 14.6. The molecule has 5 nitrogen and oxygen atoms in total. The zero-order chi connectivity index (χ0) is 12.0. The van der Waals surface area contributed by atoms with Gasteiger partial charge in [-0.15, -0.1) is 0 Å². The molecule has 17 heavy (non-hydrogen) atoms. The van der Waals surface area contributed by atoms with Gasteiger partial charge in [-0.1, -0.05) is 0 Å². The van der Waals surface area contributed by atoms with Crippen molar-refractivity contribution in [2.45, 2.75) is 0 Å². The highest BCUT2D eigenvalue weighted by Gasteiger charge is 2.08. The van der Waals surface area contributed by atoms with Crippen LogP contribution in [0.1, 0.15) is 0 Å². The number of phenolic OH excluding ortho intramolecular Hbond substituents is 1. The number of fused-ring (bicyclic) bond motifs is 1. The zero-order valence-electron chi connectivity index (χ0n) is 9.31. The van der Waals surface area contributed by atoms with Crippen LogP contribution < -0.4 is 5.73 Å². The largest absolute Gasteiger partial charge is 0.508 e. The van der Waals surface area contributed by atoms with E-state index >= 15 is 0 Å². The number of benzene rings is 1. The summed E-state index contributed by atoms with van der Waals surface area (Å²) in [6.07, 6.45) is 0. The van der Waals surface area contributed by atoms with Crippen molar-refractivity contribution in [2.24, 2.45) is 7.05 Å². The van der Waals surface area contributed by atoms with Crippen molar-refractivity contribution in [3.05, 3.63) is 30.3 Å². The standard InChI is InChI=1S/C12H12N4O/c1-16-12(13)6-11(15-16)10-5-7-4-8(17)2-3-9(7)14-10/h2-6,14,17H,13H2,1H3.